The van der Waals surface area contributed by atoms with Gasteiger partial charge in [-0.3, -0.25) is 9.78 Å². The normalized spacial score (nSPS) is 16.6. The third-order valence-corrected chi connectivity index (χ3v) is 7.28. The molecule has 4 aromatic rings. The summed E-state index contributed by atoms with van der Waals surface area (Å²) in [6.07, 6.45) is 1.77. The van der Waals surface area contributed by atoms with Crippen molar-refractivity contribution < 1.29 is 19.4 Å². The highest BCUT2D eigenvalue weighted by Gasteiger charge is 2.42. The molecule has 5 rings (SSSR count). The number of methoxy groups -OCH3 is 1. The monoisotopic (exact) mass is 555 g/mol. The molecule has 0 unspecified atom stereocenters. The van der Waals surface area contributed by atoms with Crippen LogP contribution in [-0.2, 0) is 9.53 Å². The van der Waals surface area contributed by atoms with Crippen LogP contribution in [-0.4, -0.2) is 45.4 Å². The van der Waals surface area contributed by atoms with Crippen molar-refractivity contribution in [3.05, 3.63) is 107 Å². The van der Waals surface area contributed by atoms with Crippen LogP contribution in [0.4, 0.5) is 11.4 Å². The van der Waals surface area contributed by atoms with Crippen molar-refractivity contribution in [2.45, 2.75) is 25.9 Å². The van der Waals surface area contributed by atoms with Gasteiger partial charge in [-0.25, -0.2) is 4.79 Å². The highest BCUT2D eigenvalue weighted by molar-refractivity contribution is 7.80. The van der Waals surface area contributed by atoms with E-state index in [1.807, 2.05) is 61.5 Å². The number of nitrogens with one attached hydrogen (secondary N) is 2. The Kier molecular flexibility index (Phi) is 7.63. The van der Waals surface area contributed by atoms with Gasteiger partial charge in [-0.05, 0) is 98.4 Å². The molecule has 9 nitrogen and oxygen atoms in total. The van der Waals surface area contributed by atoms with E-state index in [0.717, 1.165) is 34.0 Å². The minimum Gasteiger partial charge on any atom is -0.478 e. The molecule has 0 spiro atoms. The van der Waals surface area contributed by atoms with Crippen LogP contribution in [0.25, 0.3) is 5.69 Å². The van der Waals surface area contributed by atoms with Crippen LogP contribution < -0.4 is 15.5 Å². The fraction of sp³-hybridized carbons (Fsp3) is 0.200. The molecule has 2 aromatic heterocycles. The Morgan fingerprint density at radius 1 is 1.05 bits per heavy atom. The third kappa shape index (κ3) is 5.18. The van der Waals surface area contributed by atoms with Gasteiger partial charge in [0.05, 0.1) is 23.3 Å². The van der Waals surface area contributed by atoms with E-state index in [0.29, 0.717) is 10.8 Å². The lowest BCUT2D eigenvalue weighted by Gasteiger charge is -2.28. The molecule has 1 saturated heterocycles. The Balaban J connectivity index is 1.57. The predicted molar refractivity (Wildman–Crippen MR) is 157 cm³/mol. The van der Waals surface area contributed by atoms with E-state index in [4.69, 9.17) is 17.0 Å². The van der Waals surface area contributed by atoms with Gasteiger partial charge in [0, 0.05) is 41.8 Å². The first kappa shape index (κ1) is 27.0. The number of aromatic nitrogens is 2. The second kappa shape index (κ2) is 11.3. The summed E-state index contributed by atoms with van der Waals surface area (Å²) in [6.45, 7) is 4.06. The number of rotatable bonds is 8. The Morgan fingerprint density at radius 3 is 2.38 bits per heavy atom. The van der Waals surface area contributed by atoms with Gasteiger partial charge >= 0.3 is 5.97 Å². The Hall–Kier alpha value is -4.54. The number of carboxylic acid groups (broad SMARTS) is 1. The van der Waals surface area contributed by atoms with Gasteiger partial charge in [0.1, 0.15) is 6.61 Å². The number of thiocarbonyl (C=S) groups is 1. The summed E-state index contributed by atoms with van der Waals surface area (Å²) in [5.41, 5.74) is 6.55. The molecular weight excluding hydrogens is 526 g/mol. The minimum atomic E-state index is -0.961. The molecule has 0 saturated carbocycles. The van der Waals surface area contributed by atoms with Crippen LogP contribution in [0.5, 0.6) is 0 Å². The summed E-state index contributed by atoms with van der Waals surface area (Å²) in [7, 11) is 1.48. The van der Waals surface area contributed by atoms with E-state index < -0.39 is 5.97 Å². The zero-order valence-corrected chi connectivity index (χ0v) is 23.1. The van der Waals surface area contributed by atoms with Gasteiger partial charge in [-0.15, -0.1) is 0 Å². The van der Waals surface area contributed by atoms with E-state index in [9.17, 15) is 14.7 Å². The molecule has 1 amide bonds. The van der Waals surface area contributed by atoms with Gasteiger partial charge in [0.25, 0.3) is 0 Å². The van der Waals surface area contributed by atoms with Gasteiger partial charge in [-0.2, -0.15) is 0 Å². The van der Waals surface area contributed by atoms with Gasteiger partial charge < -0.3 is 29.9 Å². The predicted octanol–water partition coefficient (Wildman–Crippen LogP) is 4.95. The molecule has 40 heavy (non-hydrogen) atoms. The number of carbonyl (C=O) groups is 2. The van der Waals surface area contributed by atoms with Crippen molar-refractivity contribution >= 4 is 40.6 Å². The Bertz CT molecular complexity index is 1550. The lowest BCUT2D eigenvalue weighted by Crippen LogP contribution is -2.29. The molecule has 3 heterocycles. The maximum absolute atomic E-state index is 12.0. The number of carbonyl (C=O) groups excluding carboxylic acids is 1. The molecule has 1 aliphatic rings. The molecule has 3 N–H and O–H groups in total. The maximum Gasteiger partial charge on any atom is 0.335 e. The zero-order valence-electron chi connectivity index (χ0n) is 22.3. The Labute approximate surface area is 237 Å². The smallest absolute Gasteiger partial charge is 0.335 e. The van der Waals surface area contributed by atoms with E-state index in [2.05, 4.69) is 38.1 Å². The Morgan fingerprint density at radius 2 is 1.75 bits per heavy atom. The van der Waals surface area contributed by atoms with Crippen molar-refractivity contribution in [1.82, 2.24) is 14.9 Å². The fourth-order valence-electron chi connectivity index (χ4n) is 5.22. The van der Waals surface area contributed by atoms with E-state index in [1.54, 1.807) is 18.3 Å². The van der Waals surface area contributed by atoms with Crippen LogP contribution in [0, 0.1) is 13.8 Å². The largest absolute Gasteiger partial charge is 0.478 e. The first-order valence-electron chi connectivity index (χ1n) is 12.7. The summed E-state index contributed by atoms with van der Waals surface area (Å²) in [4.78, 5) is 30.1. The van der Waals surface area contributed by atoms with E-state index >= 15 is 0 Å². The first-order valence-corrected chi connectivity index (χ1v) is 13.1. The van der Waals surface area contributed by atoms with Crippen molar-refractivity contribution in [2.24, 2.45) is 0 Å². The van der Waals surface area contributed by atoms with Gasteiger partial charge in [0.2, 0.25) is 5.91 Å². The molecule has 10 heteroatoms. The highest BCUT2D eigenvalue weighted by Crippen LogP contribution is 2.44. The van der Waals surface area contributed by atoms with Crippen molar-refractivity contribution in [3.63, 3.8) is 0 Å². The van der Waals surface area contributed by atoms with Crippen LogP contribution in [0.1, 0.15) is 45.1 Å². The molecule has 0 aliphatic carbocycles. The molecule has 0 radical (unpaired) electrons. The number of hydrogen-bond acceptors (Lipinski definition) is 5. The summed E-state index contributed by atoms with van der Waals surface area (Å²) in [5, 5.41) is 16.2. The molecule has 204 valence electrons. The fourth-order valence-corrected chi connectivity index (χ4v) is 5.57. The van der Waals surface area contributed by atoms with Crippen molar-refractivity contribution in [2.75, 3.05) is 23.9 Å². The number of nitrogens with zero attached hydrogens (tertiary/aromatic N) is 3. The number of aryl methyl sites for hydroxylation is 1. The summed E-state index contributed by atoms with van der Waals surface area (Å²) in [5.74, 6) is -1.19. The standard InChI is InChI=1S/C30H29N5O4S/c1-18-16-24(19(2)34(18)22-11-7-20(8-12-22)29(37)38)28-27(25-6-4-5-15-31-25)33-30(40)35(28)23-13-9-21(10-14-23)32-26(36)17-39-3/h4-16,27-28H,17H2,1-3H3,(H,32,36)(H,33,40)(H,37,38)/t27-,28-/m0/s1. The van der Waals surface area contributed by atoms with Crippen LogP contribution in [0.2, 0.25) is 0 Å². The van der Waals surface area contributed by atoms with Gasteiger partial charge in [-0.1, -0.05) is 6.07 Å². The first-order chi connectivity index (χ1) is 19.3. The van der Waals surface area contributed by atoms with E-state index in [1.165, 1.54) is 7.11 Å². The summed E-state index contributed by atoms with van der Waals surface area (Å²) in [6, 6.07) is 21.9. The number of pyridine rings is 1. The molecule has 0 bridgehead atoms. The van der Waals surface area contributed by atoms with Gasteiger partial charge in [0.15, 0.2) is 5.11 Å². The summed E-state index contributed by atoms with van der Waals surface area (Å²) < 4.78 is 7.02. The summed E-state index contributed by atoms with van der Waals surface area (Å²) >= 11 is 5.87. The minimum absolute atomic E-state index is 0.0234. The number of hydrogen-bond donors (Lipinski definition) is 3. The second-order valence-electron chi connectivity index (χ2n) is 9.54. The number of ether oxygens (including phenoxy) is 1. The zero-order chi connectivity index (χ0) is 28.4. The molecule has 1 aliphatic heterocycles. The highest BCUT2D eigenvalue weighted by atomic mass is 32.1. The van der Waals surface area contributed by atoms with Crippen LogP contribution >= 0.6 is 12.2 Å². The number of anilines is 2. The lowest BCUT2D eigenvalue weighted by molar-refractivity contribution is -0.119. The van der Waals surface area contributed by atoms with Crippen molar-refractivity contribution in [1.29, 1.82) is 0 Å². The van der Waals surface area contributed by atoms with Crippen LogP contribution in [0.3, 0.4) is 0 Å². The molecule has 2 aromatic carbocycles. The molecule has 1 fully saturated rings. The number of carboxylic acids is 1. The SMILES string of the molecule is COCC(=O)Nc1ccc(N2C(=S)N[C@@H](c3ccccn3)[C@@H]2c2cc(C)n(-c3ccc(C(=O)O)cc3)c2C)cc1. The molecule has 2 atom stereocenters. The second-order valence-corrected chi connectivity index (χ2v) is 9.93. The van der Waals surface area contributed by atoms with Crippen LogP contribution in [0.15, 0.2) is 79.0 Å². The molecular formula is C30H29N5O4S. The number of benzene rings is 2. The number of aromatic carboxylic acids is 1. The lowest BCUT2D eigenvalue weighted by atomic mass is 9.96. The quantitative estimate of drug-likeness (QED) is 0.262. The van der Waals surface area contributed by atoms with E-state index in [-0.39, 0.29) is 30.2 Å². The number of amides is 1. The average Bonchev–Trinajstić information content (AvgIpc) is 3.44. The van der Waals surface area contributed by atoms with Crippen molar-refractivity contribution in [3.8, 4) is 5.69 Å². The third-order valence-electron chi connectivity index (χ3n) is 6.96. The topological polar surface area (TPSA) is 109 Å². The average molecular weight is 556 g/mol. The maximum atomic E-state index is 12.0.